The highest BCUT2D eigenvalue weighted by molar-refractivity contribution is 8.18. The van der Waals surface area contributed by atoms with E-state index in [-0.39, 0.29) is 18.3 Å². The fraction of sp³-hybridized carbons (Fsp3) is 0.389. The van der Waals surface area contributed by atoms with E-state index in [9.17, 15) is 14.4 Å². The fourth-order valence-corrected chi connectivity index (χ4v) is 3.55. The molecule has 1 fully saturated rings. The molecule has 2 heterocycles. The van der Waals surface area contributed by atoms with Gasteiger partial charge < -0.3 is 18.9 Å². The van der Waals surface area contributed by atoms with Crippen LogP contribution in [0.1, 0.15) is 26.3 Å². The SMILES string of the molecule is CCOC(=O)C(C)N1C(=O)S/C(=C/c2cc3c(cc2OCC)OCO3)C1=O. The largest absolute Gasteiger partial charge is 0.493 e. The first-order valence-electron chi connectivity index (χ1n) is 8.46. The summed E-state index contributed by atoms with van der Waals surface area (Å²) in [5, 5.41) is -0.523. The van der Waals surface area contributed by atoms with Crippen molar-refractivity contribution in [3.63, 3.8) is 0 Å². The lowest BCUT2D eigenvalue weighted by molar-refractivity contribution is -0.150. The van der Waals surface area contributed by atoms with E-state index in [0.717, 1.165) is 16.7 Å². The summed E-state index contributed by atoms with van der Waals surface area (Å²) in [6.07, 6.45) is 1.55. The van der Waals surface area contributed by atoms with Crippen LogP contribution >= 0.6 is 11.8 Å². The van der Waals surface area contributed by atoms with E-state index < -0.39 is 23.2 Å². The number of hydrogen-bond donors (Lipinski definition) is 0. The quantitative estimate of drug-likeness (QED) is 0.538. The highest BCUT2D eigenvalue weighted by atomic mass is 32.2. The maximum Gasteiger partial charge on any atom is 0.329 e. The Balaban J connectivity index is 1.91. The summed E-state index contributed by atoms with van der Waals surface area (Å²) >= 11 is 0.764. The average molecular weight is 393 g/mol. The standard InChI is InChI=1S/C18H19NO7S/c1-4-23-12-8-14-13(25-9-26-14)6-11(12)7-15-16(20)19(18(22)27-15)10(3)17(21)24-5-2/h6-8,10H,4-5,9H2,1-3H3/b15-7+. The van der Waals surface area contributed by atoms with Crippen molar-refractivity contribution in [2.75, 3.05) is 20.0 Å². The predicted octanol–water partition coefficient (Wildman–Crippen LogP) is 2.80. The van der Waals surface area contributed by atoms with Crippen LogP contribution in [0.3, 0.4) is 0 Å². The second kappa shape index (κ2) is 7.91. The van der Waals surface area contributed by atoms with Crippen molar-refractivity contribution in [1.29, 1.82) is 0 Å². The molecule has 8 nitrogen and oxygen atoms in total. The maximum absolute atomic E-state index is 12.7. The summed E-state index contributed by atoms with van der Waals surface area (Å²) in [6.45, 7) is 5.66. The Hall–Kier alpha value is -2.68. The monoisotopic (exact) mass is 393 g/mol. The molecular weight excluding hydrogens is 374 g/mol. The van der Waals surface area contributed by atoms with Crippen LogP contribution in [0.25, 0.3) is 6.08 Å². The zero-order valence-corrected chi connectivity index (χ0v) is 16.0. The number of esters is 1. The van der Waals surface area contributed by atoms with E-state index in [2.05, 4.69) is 0 Å². The number of fused-ring (bicyclic) bond motifs is 1. The maximum atomic E-state index is 12.7. The molecule has 1 aromatic carbocycles. The fourth-order valence-electron chi connectivity index (χ4n) is 2.66. The van der Waals surface area contributed by atoms with Gasteiger partial charge in [0.2, 0.25) is 6.79 Å². The van der Waals surface area contributed by atoms with Crippen molar-refractivity contribution >= 4 is 35.0 Å². The van der Waals surface area contributed by atoms with Crippen LogP contribution in [0, 0.1) is 0 Å². The molecule has 0 N–H and O–H groups in total. The number of carbonyl (C=O) groups excluding carboxylic acids is 3. The van der Waals surface area contributed by atoms with Gasteiger partial charge in [0, 0.05) is 11.6 Å². The molecule has 1 unspecified atom stereocenters. The Labute approximate surface area is 160 Å². The normalized spacial score (nSPS) is 18.2. The number of benzene rings is 1. The van der Waals surface area contributed by atoms with Crippen LogP contribution < -0.4 is 14.2 Å². The first kappa shape index (κ1) is 19.1. The first-order chi connectivity index (χ1) is 13.0. The Kier molecular flexibility index (Phi) is 5.59. The molecule has 0 aliphatic carbocycles. The zero-order valence-electron chi connectivity index (χ0n) is 15.1. The van der Waals surface area contributed by atoms with Gasteiger partial charge in [0.05, 0.1) is 18.1 Å². The molecular formula is C18H19NO7S. The minimum atomic E-state index is -0.994. The van der Waals surface area contributed by atoms with Gasteiger partial charge in [0.1, 0.15) is 11.8 Å². The molecule has 0 bridgehead atoms. The number of hydrogen-bond acceptors (Lipinski definition) is 8. The van der Waals surface area contributed by atoms with Crippen molar-refractivity contribution in [3.8, 4) is 17.2 Å². The van der Waals surface area contributed by atoms with Crippen molar-refractivity contribution < 1.29 is 33.3 Å². The van der Waals surface area contributed by atoms with E-state index in [4.69, 9.17) is 18.9 Å². The van der Waals surface area contributed by atoms with Crippen LogP contribution in [-0.2, 0) is 14.3 Å². The molecule has 1 saturated heterocycles. The van der Waals surface area contributed by atoms with E-state index >= 15 is 0 Å². The Morgan fingerprint density at radius 2 is 1.96 bits per heavy atom. The molecule has 27 heavy (non-hydrogen) atoms. The Morgan fingerprint density at radius 1 is 1.26 bits per heavy atom. The highest BCUT2D eigenvalue weighted by Gasteiger charge is 2.41. The molecule has 0 spiro atoms. The second-order valence-electron chi connectivity index (χ2n) is 5.66. The van der Waals surface area contributed by atoms with Gasteiger partial charge in [-0.3, -0.25) is 14.5 Å². The molecule has 0 aromatic heterocycles. The number of ether oxygens (including phenoxy) is 4. The molecule has 2 amide bonds. The minimum absolute atomic E-state index is 0.109. The number of nitrogens with zero attached hydrogens (tertiary/aromatic N) is 1. The third-order valence-corrected chi connectivity index (χ3v) is 4.81. The van der Waals surface area contributed by atoms with Gasteiger partial charge in [-0.15, -0.1) is 0 Å². The van der Waals surface area contributed by atoms with Crippen LogP contribution in [0.2, 0.25) is 0 Å². The molecule has 0 radical (unpaired) electrons. The predicted molar refractivity (Wildman–Crippen MR) is 97.6 cm³/mol. The lowest BCUT2D eigenvalue weighted by atomic mass is 10.1. The lowest BCUT2D eigenvalue weighted by Gasteiger charge is -2.19. The van der Waals surface area contributed by atoms with Gasteiger partial charge in [0.15, 0.2) is 11.5 Å². The number of thioether (sulfide) groups is 1. The van der Waals surface area contributed by atoms with Crippen molar-refractivity contribution in [2.45, 2.75) is 26.8 Å². The smallest absolute Gasteiger partial charge is 0.329 e. The van der Waals surface area contributed by atoms with E-state index in [1.165, 1.54) is 6.92 Å². The third-order valence-electron chi connectivity index (χ3n) is 3.93. The topological polar surface area (TPSA) is 91.4 Å². The van der Waals surface area contributed by atoms with Gasteiger partial charge in [-0.05, 0) is 44.7 Å². The number of amides is 2. The van der Waals surface area contributed by atoms with Gasteiger partial charge in [0.25, 0.3) is 11.1 Å². The van der Waals surface area contributed by atoms with Crippen molar-refractivity contribution in [2.24, 2.45) is 0 Å². The van der Waals surface area contributed by atoms with Crippen LogP contribution in [0.4, 0.5) is 4.79 Å². The molecule has 1 atom stereocenters. The Bertz CT molecular complexity index is 820. The molecule has 0 saturated carbocycles. The number of carbonyl (C=O) groups is 3. The summed E-state index contributed by atoms with van der Waals surface area (Å²) in [5.41, 5.74) is 0.579. The first-order valence-corrected chi connectivity index (χ1v) is 9.28. The average Bonchev–Trinajstić information content (AvgIpc) is 3.19. The van der Waals surface area contributed by atoms with Gasteiger partial charge in [-0.2, -0.15) is 0 Å². The molecule has 2 aliphatic heterocycles. The summed E-state index contributed by atoms with van der Waals surface area (Å²) < 4.78 is 21.2. The number of imide groups is 1. The summed E-state index contributed by atoms with van der Waals surface area (Å²) in [7, 11) is 0. The van der Waals surface area contributed by atoms with Gasteiger partial charge >= 0.3 is 5.97 Å². The minimum Gasteiger partial charge on any atom is -0.493 e. The van der Waals surface area contributed by atoms with Gasteiger partial charge in [-0.25, -0.2) is 4.79 Å². The van der Waals surface area contributed by atoms with E-state index in [0.29, 0.717) is 29.4 Å². The third kappa shape index (κ3) is 3.73. The summed E-state index contributed by atoms with van der Waals surface area (Å²) in [6, 6.07) is 2.38. The van der Waals surface area contributed by atoms with Crippen LogP contribution in [0.5, 0.6) is 17.2 Å². The van der Waals surface area contributed by atoms with Crippen molar-refractivity contribution in [1.82, 2.24) is 4.90 Å². The van der Waals surface area contributed by atoms with Crippen LogP contribution in [-0.4, -0.2) is 48.1 Å². The molecule has 3 rings (SSSR count). The van der Waals surface area contributed by atoms with E-state index in [1.807, 2.05) is 6.92 Å². The van der Waals surface area contributed by atoms with Gasteiger partial charge in [-0.1, -0.05) is 0 Å². The molecule has 144 valence electrons. The highest BCUT2D eigenvalue weighted by Crippen LogP contribution is 2.41. The zero-order chi connectivity index (χ0) is 19.6. The van der Waals surface area contributed by atoms with E-state index in [1.54, 1.807) is 25.1 Å². The molecule has 1 aromatic rings. The summed E-state index contributed by atoms with van der Waals surface area (Å²) in [4.78, 5) is 38.0. The molecule has 9 heteroatoms. The summed E-state index contributed by atoms with van der Waals surface area (Å²) in [5.74, 6) is 0.417. The second-order valence-corrected chi connectivity index (χ2v) is 6.65. The van der Waals surface area contributed by atoms with Crippen molar-refractivity contribution in [3.05, 3.63) is 22.6 Å². The van der Waals surface area contributed by atoms with Crippen LogP contribution in [0.15, 0.2) is 17.0 Å². The number of rotatable bonds is 6. The lowest BCUT2D eigenvalue weighted by Crippen LogP contribution is -2.42. The molecule has 2 aliphatic rings. The Morgan fingerprint density at radius 3 is 2.63 bits per heavy atom.